The first-order valence-corrected chi connectivity index (χ1v) is 9.49. The van der Waals surface area contributed by atoms with Crippen LogP contribution in [0.25, 0.3) is 10.9 Å². The number of hydrogen-bond acceptors (Lipinski definition) is 4. The van der Waals surface area contributed by atoms with E-state index in [1.807, 2.05) is 18.2 Å². The molecule has 31 heavy (non-hydrogen) atoms. The first-order chi connectivity index (χ1) is 14.7. The zero-order valence-electron chi connectivity index (χ0n) is 16.1. The number of ether oxygens (including phenoxy) is 2. The summed E-state index contributed by atoms with van der Waals surface area (Å²) in [5.41, 5.74) is 2.34. The minimum absolute atomic E-state index is 0.0316. The van der Waals surface area contributed by atoms with Gasteiger partial charge in [0.05, 0.1) is 18.1 Å². The molecule has 1 aromatic heterocycles. The lowest BCUT2D eigenvalue weighted by Crippen LogP contribution is -2.17. The third-order valence-electron chi connectivity index (χ3n) is 5.18. The third-order valence-corrected chi connectivity index (χ3v) is 5.18. The van der Waals surface area contributed by atoms with Gasteiger partial charge in [0, 0.05) is 29.1 Å². The number of alkyl halides is 3. The van der Waals surface area contributed by atoms with Gasteiger partial charge in [-0.05, 0) is 54.4 Å². The van der Waals surface area contributed by atoms with Crippen LogP contribution < -0.4 is 9.47 Å². The Hall–Kier alpha value is -3.67. The summed E-state index contributed by atoms with van der Waals surface area (Å²) in [6.45, 7) is 0.699. The van der Waals surface area contributed by atoms with Gasteiger partial charge < -0.3 is 19.1 Å². The predicted molar refractivity (Wildman–Crippen MR) is 104 cm³/mol. The monoisotopic (exact) mass is 430 g/mol. The van der Waals surface area contributed by atoms with Crippen LogP contribution >= 0.6 is 0 Å². The Morgan fingerprint density at radius 3 is 2.71 bits per heavy atom. The summed E-state index contributed by atoms with van der Waals surface area (Å²) in [5, 5.41) is 19.0. The van der Waals surface area contributed by atoms with Crippen molar-refractivity contribution in [1.29, 1.82) is 5.26 Å². The second kappa shape index (κ2) is 7.87. The van der Waals surface area contributed by atoms with E-state index in [-0.39, 0.29) is 24.5 Å². The molecule has 0 unspecified atom stereocenters. The van der Waals surface area contributed by atoms with E-state index in [1.54, 1.807) is 12.1 Å². The zero-order valence-corrected chi connectivity index (χ0v) is 16.1. The van der Waals surface area contributed by atoms with Gasteiger partial charge in [0.15, 0.2) is 0 Å². The Balaban J connectivity index is 1.53. The molecule has 0 saturated heterocycles. The van der Waals surface area contributed by atoms with Crippen molar-refractivity contribution in [3.8, 4) is 17.6 Å². The second-order valence-corrected chi connectivity index (χ2v) is 7.34. The fourth-order valence-electron chi connectivity index (χ4n) is 3.97. The number of benzene rings is 2. The van der Waals surface area contributed by atoms with Gasteiger partial charge in [0.2, 0.25) is 0 Å². The molecule has 3 aromatic rings. The molecule has 0 spiro atoms. The van der Waals surface area contributed by atoms with Crippen LogP contribution in [0, 0.1) is 11.3 Å². The molecular weight excluding hydrogens is 413 g/mol. The van der Waals surface area contributed by atoms with Crippen LogP contribution in [-0.2, 0) is 17.9 Å². The number of aryl methyl sites for hydroxylation is 1. The third kappa shape index (κ3) is 4.58. The predicted octanol–water partition coefficient (Wildman–Crippen LogP) is 4.95. The number of carbonyl (C=O) groups is 1. The lowest BCUT2D eigenvalue weighted by molar-refractivity contribution is -0.274. The Morgan fingerprint density at radius 2 is 2.00 bits per heavy atom. The largest absolute Gasteiger partial charge is 0.573 e. The van der Waals surface area contributed by atoms with Gasteiger partial charge in [-0.25, -0.2) is 0 Å². The molecule has 1 aliphatic heterocycles. The average Bonchev–Trinajstić information content (AvgIpc) is 3.23. The molecule has 4 rings (SSSR count). The highest BCUT2D eigenvalue weighted by molar-refractivity contribution is 5.83. The Labute approximate surface area is 175 Å². The number of aromatic nitrogens is 1. The summed E-state index contributed by atoms with van der Waals surface area (Å²) >= 11 is 0. The first-order valence-electron chi connectivity index (χ1n) is 9.49. The van der Waals surface area contributed by atoms with Crippen molar-refractivity contribution in [1.82, 2.24) is 4.57 Å². The number of rotatable bonds is 6. The maximum absolute atomic E-state index is 12.5. The highest BCUT2D eigenvalue weighted by Crippen LogP contribution is 2.37. The fourth-order valence-corrected chi connectivity index (χ4v) is 3.97. The molecule has 0 saturated carbocycles. The molecule has 2 aromatic carbocycles. The number of carboxylic acids is 1. The van der Waals surface area contributed by atoms with Crippen molar-refractivity contribution in [3.63, 3.8) is 0 Å². The summed E-state index contributed by atoms with van der Waals surface area (Å²) in [6, 6.07) is 12.8. The van der Waals surface area contributed by atoms with Gasteiger partial charge in [-0.2, -0.15) is 5.26 Å². The summed E-state index contributed by atoms with van der Waals surface area (Å²) in [6.07, 6.45) is -3.99. The van der Waals surface area contributed by atoms with E-state index in [0.29, 0.717) is 11.3 Å². The molecule has 9 heteroatoms. The van der Waals surface area contributed by atoms with Crippen LogP contribution in [0.15, 0.2) is 42.5 Å². The minimum Gasteiger partial charge on any atom is -0.489 e. The van der Waals surface area contributed by atoms with E-state index >= 15 is 0 Å². The van der Waals surface area contributed by atoms with Crippen LogP contribution in [0.4, 0.5) is 13.2 Å². The molecule has 6 nitrogen and oxygen atoms in total. The van der Waals surface area contributed by atoms with E-state index in [1.165, 1.54) is 12.1 Å². The van der Waals surface area contributed by atoms with Crippen molar-refractivity contribution >= 4 is 16.9 Å². The Morgan fingerprint density at radius 1 is 1.19 bits per heavy atom. The van der Waals surface area contributed by atoms with E-state index in [4.69, 9.17) is 15.1 Å². The molecule has 160 valence electrons. The van der Waals surface area contributed by atoms with Crippen molar-refractivity contribution in [2.75, 3.05) is 0 Å². The van der Waals surface area contributed by atoms with Crippen LogP contribution in [0.3, 0.4) is 0 Å². The zero-order chi connectivity index (χ0) is 22.2. The van der Waals surface area contributed by atoms with E-state index in [2.05, 4.69) is 9.30 Å². The quantitative estimate of drug-likeness (QED) is 0.598. The second-order valence-electron chi connectivity index (χ2n) is 7.34. The molecule has 2 heterocycles. The molecule has 1 N–H and O–H groups in total. The summed E-state index contributed by atoms with van der Waals surface area (Å²) in [4.78, 5) is 11.1. The molecule has 0 amide bonds. The molecule has 0 aliphatic carbocycles. The number of fused-ring (bicyclic) bond motifs is 3. The maximum Gasteiger partial charge on any atom is 0.573 e. The lowest BCUT2D eigenvalue weighted by atomic mass is 10.0. The summed E-state index contributed by atoms with van der Waals surface area (Å²) in [7, 11) is 0. The SMILES string of the molecule is N#Cc1cc(COc2ccc3c(c2)cc2n3CC[C@H]2CC(=O)O)cc(OC(F)(F)F)c1. The smallest absolute Gasteiger partial charge is 0.489 e. The van der Waals surface area contributed by atoms with Crippen LogP contribution in [0.5, 0.6) is 11.5 Å². The highest BCUT2D eigenvalue weighted by atomic mass is 19.4. The van der Waals surface area contributed by atoms with E-state index < -0.39 is 18.1 Å². The van der Waals surface area contributed by atoms with Crippen molar-refractivity contribution < 1.29 is 32.5 Å². The average molecular weight is 430 g/mol. The maximum atomic E-state index is 12.5. The molecular formula is C22H17F3N2O4. The number of carboxylic acid groups (broad SMARTS) is 1. The number of nitriles is 1. The summed E-state index contributed by atoms with van der Waals surface area (Å²) in [5.74, 6) is -0.836. The molecule has 0 radical (unpaired) electrons. The number of hydrogen-bond donors (Lipinski definition) is 1. The lowest BCUT2D eigenvalue weighted by Gasteiger charge is -2.12. The molecule has 0 bridgehead atoms. The number of aliphatic carboxylic acids is 1. The first kappa shape index (κ1) is 20.6. The normalized spacial score (nSPS) is 15.5. The number of halogens is 3. The minimum atomic E-state index is -4.86. The van der Waals surface area contributed by atoms with E-state index in [0.717, 1.165) is 35.6 Å². The molecule has 1 aliphatic rings. The van der Waals surface area contributed by atoms with Crippen LogP contribution in [0.1, 0.15) is 35.6 Å². The van der Waals surface area contributed by atoms with Crippen molar-refractivity contribution in [2.45, 2.75) is 38.3 Å². The Bertz CT molecular complexity index is 1190. The van der Waals surface area contributed by atoms with Gasteiger partial charge in [-0.15, -0.1) is 13.2 Å². The molecule has 0 fully saturated rings. The summed E-state index contributed by atoms with van der Waals surface area (Å²) < 4.78 is 49.3. The fraction of sp³-hybridized carbons (Fsp3) is 0.273. The van der Waals surface area contributed by atoms with Gasteiger partial charge >= 0.3 is 12.3 Å². The molecule has 1 atom stereocenters. The number of nitrogens with zero attached hydrogens (tertiary/aromatic N) is 2. The topological polar surface area (TPSA) is 84.5 Å². The van der Waals surface area contributed by atoms with Gasteiger partial charge in [0.1, 0.15) is 18.1 Å². The van der Waals surface area contributed by atoms with Crippen LogP contribution in [-0.4, -0.2) is 22.0 Å². The Kier molecular flexibility index (Phi) is 5.23. The van der Waals surface area contributed by atoms with Crippen LogP contribution in [0.2, 0.25) is 0 Å². The van der Waals surface area contributed by atoms with Gasteiger partial charge in [0.25, 0.3) is 0 Å². The van der Waals surface area contributed by atoms with E-state index in [9.17, 15) is 18.0 Å². The van der Waals surface area contributed by atoms with Crippen molar-refractivity contribution in [2.24, 2.45) is 0 Å². The highest BCUT2D eigenvalue weighted by Gasteiger charge is 2.31. The van der Waals surface area contributed by atoms with Crippen molar-refractivity contribution in [3.05, 3.63) is 59.3 Å². The van der Waals surface area contributed by atoms with Gasteiger partial charge in [-0.3, -0.25) is 4.79 Å². The van der Waals surface area contributed by atoms with Gasteiger partial charge in [-0.1, -0.05) is 0 Å². The standard InChI is InChI=1S/C22H17F3N2O4/c23-22(24,25)31-18-6-13(11-26)5-14(7-18)12-30-17-1-2-19-16(8-17)9-20-15(10-21(28)29)3-4-27(19)20/h1-2,5-9,15H,3-4,10,12H2,(H,28,29)/t15-/m0/s1.